The molecule has 28 heavy (non-hydrogen) atoms. The Balaban J connectivity index is 1.54. The van der Waals surface area contributed by atoms with Gasteiger partial charge in [0.2, 0.25) is 10.0 Å². The van der Waals surface area contributed by atoms with Gasteiger partial charge in [0.1, 0.15) is 0 Å². The van der Waals surface area contributed by atoms with Crippen LogP contribution in [0, 0.1) is 6.92 Å². The predicted octanol–water partition coefficient (Wildman–Crippen LogP) is 4.13. The van der Waals surface area contributed by atoms with Crippen molar-refractivity contribution in [2.45, 2.75) is 30.8 Å². The summed E-state index contributed by atoms with van der Waals surface area (Å²) in [6, 6.07) is 17.6. The van der Waals surface area contributed by atoms with E-state index in [1.165, 1.54) is 11.1 Å². The number of nitrogens with zero attached hydrogens (tertiary/aromatic N) is 1. The van der Waals surface area contributed by atoms with Gasteiger partial charge in [0, 0.05) is 25.7 Å². The van der Waals surface area contributed by atoms with Gasteiger partial charge in [0.25, 0.3) is 0 Å². The summed E-state index contributed by atoms with van der Waals surface area (Å²) in [6.45, 7) is 4.06. The lowest BCUT2D eigenvalue weighted by Gasteiger charge is -2.35. The Bertz CT molecular complexity index is 1030. The molecule has 4 nitrogen and oxygen atoms in total. The number of sulfonamides is 1. The average molecular weight is 413 g/mol. The van der Waals surface area contributed by atoms with Crippen molar-refractivity contribution >= 4 is 21.4 Å². The monoisotopic (exact) mass is 412 g/mol. The highest BCUT2D eigenvalue weighted by atomic mass is 32.2. The van der Waals surface area contributed by atoms with Gasteiger partial charge in [-0.2, -0.15) is 11.3 Å². The van der Waals surface area contributed by atoms with E-state index >= 15 is 0 Å². The smallest absolute Gasteiger partial charge is 0.240 e. The van der Waals surface area contributed by atoms with Crippen LogP contribution in [0.3, 0.4) is 0 Å². The van der Waals surface area contributed by atoms with E-state index < -0.39 is 10.0 Å². The van der Waals surface area contributed by atoms with Crippen LogP contribution in [0.15, 0.2) is 70.3 Å². The van der Waals surface area contributed by atoms with Crippen LogP contribution in [-0.4, -0.2) is 26.4 Å². The van der Waals surface area contributed by atoms with Crippen LogP contribution in [0.5, 0.6) is 0 Å². The van der Waals surface area contributed by atoms with Gasteiger partial charge in [-0.15, -0.1) is 0 Å². The maximum absolute atomic E-state index is 12.8. The molecule has 1 aromatic heterocycles. The Hall–Kier alpha value is -1.99. The average Bonchev–Trinajstić information content (AvgIpc) is 3.23. The fourth-order valence-electron chi connectivity index (χ4n) is 3.70. The van der Waals surface area contributed by atoms with Gasteiger partial charge in [-0.25, -0.2) is 13.1 Å². The quantitative estimate of drug-likeness (QED) is 0.662. The van der Waals surface area contributed by atoms with E-state index in [4.69, 9.17) is 0 Å². The lowest BCUT2D eigenvalue weighted by molar-refractivity contribution is 0.181. The molecule has 4 rings (SSSR count). The maximum atomic E-state index is 12.8. The Labute approximate surface area is 170 Å². The molecule has 1 aliphatic heterocycles. The number of hydrogen-bond acceptors (Lipinski definition) is 4. The topological polar surface area (TPSA) is 49.4 Å². The SMILES string of the molecule is Cc1ccc(S(=O)(=O)NC[C@@H](c2ccsc2)N2CCc3ccccc3C2)cc1. The standard InChI is InChI=1S/C22H24N2O2S2/c1-17-6-8-21(9-7-17)28(25,26)23-14-22(20-11-13-27-16-20)24-12-10-18-4-2-3-5-19(18)15-24/h2-9,11,13,16,22-23H,10,12,14-15H2,1H3/t22-/m0/s1. The zero-order valence-corrected chi connectivity index (χ0v) is 17.5. The number of aryl methyl sites for hydroxylation is 1. The fraction of sp³-hybridized carbons (Fsp3) is 0.273. The molecule has 0 aliphatic carbocycles. The molecule has 0 saturated carbocycles. The third-order valence-electron chi connectivity index (χ3n) is 5.33. The van der Waals surface area contributed by atoms with Gasteiger partial charge in [-0.1, -0.05) is 42.0 Å². The number of thiophene rings is 1. The molecule has 1 atom stereocenters. The minimum absolute atomic E-state index is 0.0137. The molecule has 2 aromatic carbocycles. The predicted molar refractivity (Wildman–Crippen MR) is 114 cm³/mol. The van der Waals surface area contributed by atoms with Gasteiger partial charge >= 0.3 is 0 Å². The Morgan fingerprint density at radius 2 is 1.82 bits per heavy atom. The van der Waals surface area contributed by atoms with Crippen molar-refractivity contribution < 1.29 is 8.42 Å². The van der Waals surface area contributed by atoms with Crippen molar-refractivity contribution in [3.8, 4) is 0 Å². The summed E-state index contributed by atoms with van der Waals surface area (Å²) in [5.41, 5.74) is 4.93. The Morgan fingerprint density at radius 3 is 2.54 bits per heavy atom. The van der Waals surface area contributed by atoms with Crippen LogP contribution in [0.25, 0.3) is 0 Å². The second kappa shape index (κ2) is 8.17. The minimum Gasteiger partial charge on any atom is -0.290 e. The highest BCUT2D eigenvalue weighted by Crippen LogP contribution is 2.29. The van der Waals surface area contributed by atoms with Crippen molar-refractivity contribution in [3.63, 3.8) is 0 Å². The Morgan fingerprint density at radius 1 is 1.07 bits per heavy atom. The van der Waals surface area contributed by atoms with Crippen molar-refractivity contribution in [2.75, 3.05) is 13.1 Å². The molecule has 0 amide bonds. The second-order valence-corrected chi connectivity index (χ2v) is 9.77. The summed E-state index contributed by atoms with van der Waals surface area (Å²) < 4.78 is 28.4. The second-order valence-electron chi connectivity index (χ2n) is 7.23. The van der Waals surface area contributed by atoms with Crippen LogP contribution >= 0.6 is 11.3 Å². The summed E-state index contributed by atoms with van der Waals surface area (Å²) >= 11 is 1.64. The van der Waals surface area contributed by atoms with Gasteiger partial charge < -0.3 is 0 Å². The van der Waals surface area contributed by atoms with E-state index in [2.05, 4.69) is 50.7 Å². The normalized spacial score (nSPS) is 15.9. The molecule has 0 radical (unpaired) electrons. The highest BCUT2D eigenvalue weighted by Gasteiger charge is 2.26. The number of rotatable bonds is 6. The summed E-state index contributed by atoms with van der Waals surface area (Å²) in [5, 5.41) is 4.17. The molecule has 1 N–H and O–H groups in total. The molecule has 146 valence electrons. The van der Waals surface area contributed by atoms with E-state index in [0.29, 0.717) is 11.4 Å². The third kappa shape index (κ3) is 4.20. The summed E-state index contributed by atoms with van der Waals surface area (Å²) in [4.78, 5) is 2.69. The third-order valence-corrected chi connectivity index (χ3v) is 7.47. The molecular weight excluding hydrogens is 388 g/mol. The largest absolute Gasteiger partial charge is 0.290 e. The summed E-state index contributed by atoms with van der Waals surface area (Å²) in [6.07, 6.45) is 0.988. The maximum Gasteiger partial charge on any atom is 0.240 e. The first-order valence-electron chi connectivity index (χ1n) is 9.42. The Kier molecular flexibility index (Phi) is 5.64. The van der Waals surface area contributed by atoms with Crippen LogP contribution in [0.4, 0.5) is 0 Å². The first-order valence-corrected chi connectivity index (χ1v) is 11.8. The van der Waals surface area contributed by atoms with Crippen LogP contribution in [0.1, 0.15) is 28.3 Å². The van der Waals surface area contributed by atoms with E-state index in [1.54, 1.807) is 23.5 Å². The number of hydrogen-bond donors (Lipinski definition) is 1. The van der Waals surface area contributed by atoms with Crippen LogP contribution in [-0.2, 0) is 23.0 Å². The van der Waals surface area contributed by atoms with E-state index in [0.717, 1.165) is 30.6 Å². The molecule has 0 fully saturated rings. The van der Waals surface area contributed by atoms with E-state index in [9.17, 15) is 8.42 Å². The van der Waals surface area contributed by atoms with Gasteiger partial charge in [0.05, 0.1) is 4.90 Å². The molecule has 0 unspecified atom stereocenters. The molecule has 3 aromatic rings. The van der Waals surface area contributed by atoms with Gasteiger partial charge in [-0.3, -0.25) is 4.90 Å². The van der Waals surface area contributed by atoms with Crippen LogP contribution < -0.4 is 4.72 Å². The number of fused-ring (bicyclic) bond motifs is 1. The molecule has 0 spiro atoms. The first-order chi connectivity index (χ1) is 13.5. The fourth-order valence-corrected chi connectivity index (χ4v) is 5.44. The number of nitrogens with one attached hydrogen (secondary N) is 1. The van der Waals surface area contributed by atoms with Crippen molar-refractivity contribution in [1.29, 1.82) is 0 Å². The molecule has 1 aliphatic rings. The zero-order chi connectivity index (χ0) is 19.6. The summed E-state index contributed by atoms with van der Waals surface area (Å²) in [5.74, 6) is 0. The van der Waals surface area contributed by atoms with E-state index in [-0.39, 0.29) is 6.04 Å². The van der Waals surface area contributed by atoms with Crippen molar-refractivity contribution in [1.82, 2.24) is 9.62 Å². The van der Waals surface area contributed by atoms with Crippen molar-refractivity contribution in [2.24, 2.45) is 0 Å². The lowest BCUT2D eigenvalue weighted by Crippen LogP contribution is -2.40. The van der Waals surface area contributed by atoms with Crippen LogP contribution in [0.2, 0.25) is 0 Å². The van der Waals surface area contributed by atoms with Crippen molar-refractivity contribution in [3.05, 3.63) is 87.6 Å². The number of benzene rings is 2. The van der Waals surface area contributed by atoms with E-state index in [1.807, 2.05) is 19.1 Å². The molecule has 6 heteroatoms. The lowest BCUT2D eigenvalue weighted by atomic mass is 9.97. The minimum atomic E-state index is -3.54. The zero-order valence-electron chi connectivity index (χ0n) is 15.8. The first kappa shape index (κ1) is 19.3. The molecular formula is C22H24N2O2S2. The van der Waals surface area contributed by atoms with Gasteiger partial charge in [0.15, 0.2) is 0 Å². The molecule has 0 bridgehead atoms. The van der Waals surface area contributed by atoms with Gasteiger partial charge in [-0.05, 0) is 59.0 Å². The molecule has 0 saturated heterocycles. The highest BCUT2D eigenvalue weighted by molar-refractivity contribution is 7.89. The molecule has 2 heterocycles. The summed E-state index contributed by atoms with van der Waals surface area (Å²) in [7, 11) is -3.54.